The van der Waals surface area contributed by atoms with Gasteiger partial charge in [-0.3, -0.25) is 0 Å². The average molecular weight is 490 g/mol. The molecule has 0 bridgehead atoms. The van der Waals surface area contributed by atoms with Gasteiger partial charge in [0.25, 0.3) is 0 Å². The van der Waals surface area contributed by atoms with Gasteiger partial charge in [0.15, 0.2) is 0 Å². The minimum Gasteiger partial charge on any atom is -0.450 e. The molecule has 5 nitrogen and oxygen atoms in total. The maximum absolute atomic E-state index is 12.4. The zero-order valence-electron chi connectivity index (χ0n) is 22.5. The molecule has 0 saturated heterocycles. The second-order valence-corrected chi connectivity index (χ2v) is 13.6. The van der Waals surface area contributed by atoms with E-state index in [4.69, 9.17) is 4.74 Å². The molecule has 0 aromatic heterocycles. The zero-order chi connectivity index (χ0) is 24.8. The Kier molecular flexibility index (Phi) is 7.49. The van der Waals surface area contributed by atoms with E-state index >= 15 is 0 Å². The Morgan fingerprint density at radius 1 is 0.914 bits per heavy atom. The smallest absolute Gasteiger partial charge is 0.407 e. The third kappa shape index (κ3) is 4.56. The van der Waals surface area contributed by atoms with E-state index in [-0.39, 0.29) is 29.1 Å². The highest BCUT2D eigenvalue weighted by Gasteiger charge is 2.64. The monoisotopic (exact) mass is 489 g/mol. The number of rotatable bonds is 5. The van der Waals surface area contributed by atoms with Crippen molar-refractivity contribution < 1.29 is 19.7 Å². The number of nitrogens with one attached hydrogen (secondary N) is 1. The number of alkyl carbamates (subject to hydrolysis) is 1. The molecule has 35 heavy (non-hydrogen) atoms. The summed E-state index contributed by atoms with van der Waals surface area (Å²) in [6.45, 7) is 7.74. The number of fused-ring (bicyclic) bond motifs is 5. The van der Waals surface area contributed by atoms with Gasteiger partial charge in [0.1, 0.15) is 0 Å². The quantitative estimate of drug-likeness (QED) is 0.438. The molecule has 0 unspecified atom stereocenters. The summed E-state index contributed by atoms with van der Waals surface area (Å²) in [4.78, 5) is 12.4. The van der Waals surface area contributed by atoms with Crippen LogP contribution >= 0.6 is 0 Å². The highest BCUT2D eigenvalue weighted by atomic mass is 16.5. The van der Waals surface area contributed by atoms with Gasteiger partial charge in [0, 0.05) is 6.04 Å². The van der Waals surface area contributed by atoms with Crippen molar-refractivity contribution in [3.63, 3.8) is 0 Å². The van der Waals surface area contributed by atoms with Gasteiger partial charge < -0.3 is 20.3 Å². The second kappa shape index (κ2) is 10.2. The van der Waals surface area contributed by atoms with Crippen LogP contribution in [0.15, 0.2) is 0 Å². The van der Waals surface area contributed by atoms with Crippen molar-refractivity contribution in [2.24, 2.45) is 46.3 Å². The molecular weight excluding hydrogens is 438 g/mol. The molecule has 5 saturated carbocycles. The first-order valence-electron chi connectivity index (χ1n) is 15.1. The number of carbonyl (C=O) groups is 1. The lowest BCUT2D eigenvalue weighted by Gasteiger charge is -2.64. The second-order valence-electron chi connectivity index (χ2n) is 13.6. The normalized spacial score (nSPS) is 47.9. The molecule has 200 valence electrons. The number of carbonyl (C=O) groups excluding carboxylic acids is 1. The highest BCUT2D eigenvalue weighted by molar-refractivity contribution is 5.67. The topological polar surface area (TPSA) is 78.8 Å². The molecule has 5 aliphatic carbocycles. The van der Waals surface area contributed by atoms with Crippen molar-refractivity contribution in [3.8, 4) is 0 Å². The molecule has 0 aromatic carbocycles. The minimum atomic E-state index is -0.241. The molecule has 0 aliphatic heterocycles. The lowest BCUT2D eigenvalue weighted by atomic mass is 9.41. The van der Waals surface area contributed by atoms with Gasteiger partial charge in [-0.15, -0.1) is 0 Å². The number of amides is 1. The van der Waals surface area contributed by atoms with Gasteiger partial charge in [0.2, 0.25) is 0 Å². The van der Waals surface area contributed by atoms with Gasteiger partial charge in [0.05, 0.1) is 18.8 Å². The van der Waals surface area contributed by atoms with Crippen molar-refractivity contribution >= 4 is 6.09 Å². The summed E-state index contributed by atoms with van der Waals surface area (Å²) in [5.41, 5.74) is 0.491. The van der Waals surface area contributed by atoms with E-state index < -0.39 is 0 Å². The third-order valence-corrected chi connectivity index (χ3v) is 12.2. The Bertz CT molecular complexity index is 753. The van der Waals surface area contributed by atoms with Crippen LogP contribution in [0.2, 0.25) is 0 Å². The fourth-order valence-corrected chi connectivity index (χ4v) is 10.3. The predicted molar refractivity (Wildman–Crippen MR) is 138 cm³/mol. The fourth-order valence-electron chi connectivity index (χ4n) is 10.3. The number of hydrogen-bond donors (Lipinski definition) is 3. The summed E-state index contributed by atoms with van der Waals surface area (Å²) < 4.78 is 5.67. The van der Waals surface area contributed by atoms with Crippen LogP contribution in [0.5, 0.6) is 0 Å². The highest BCUT2D eigenvalue weighted by Crippen LogP contribution is 2.69. The van der Waals surface area contributed by atoms with E-state index in [0.717, 1.165) is 44.9 Å². The van der Waals surface area contributed by atoms with Crippen LogP contribution in [-0.2, 0) is 4.74 Å². The van der Waals surface area contributed by atoms with Crippen molar-refractivity contribution in [1.82, 2.24) is 5.32 Å². The molecule has 1 amide bonds. The molecule has 5 rings (SSSR count). The van der Waals surface area contributed by atoms with Crippen molar-refractivity contribution in [3.05, 3.63) is 0 Å². The Hall–Kier alpha value is -0.810. The lowest BCUT2D eigenvalue weighted by molar-refractivity contribution is -0.202. The lowest BCUT2D eigenvalue weighted by Crippen LogP contribution is -2.62. The van der Waals surface area contributed by atoms with Crippen LogP contribution in [0.4, 0.5) is 4.79 Å². The summed E-state index contributed by atoms with van der Waals surface area (Å²) in [6.07, 6.45) is 14.9. The summed E-state index contributed by atoms with van der Waals surface area (Å²) in [5.74, 6) is 2.86. The molecule has 5 aliphatic rings. The molecule has 0 aromatic rings. The summed E-state index contributed by atoms with van der Waals surface area (Å²) >= 11 is 0. The third-order valence-electron chi connectivity index (χ3n) is 12.2. The largest absolute Gasteiger partial charge is 0.450 e. The van der Waals surface area contributed by atoms with E-state index in [1.807, 2.05) is 0 Å². The Balaban J connectivity index is 1.23. The fraction of sp³-hybridized carbons (Fsp3) is 0.967. The first-order valence-corrected chi connectivity index (χ1v) is 15.1. The van der Waals surface area contributed by atoms with Gasteiger partial charge >= 0.3 is 6.09 Å². The van der Waals surface area contributed by atoms with E-state index in [1.54, 1.807) is 0 Å². The van der Waals surface area contributed by atoms with Gasteiger partial charge in [-0.2, -0.15) is 0 Å². The molecular formula is C30H51NO4. The minimum absolute atomic E-state index is 0.189. The van der Waals surface area contributed by atoms with E-state index in [2.05, 4.69) is 26.1 Å². The number of hydrogen-bond acceptors (Lipinski definition) is 4. The molecule has 5 heteroatoms. The molecule has 0 spiro atoms. The van der Waals surface area contributed by atoms with Gasteiger partial charge in [-0.05, 0) is 111 Å². The molecule has 0 radical (unpaired) electrons. The van der Waals surface area contributed by atoms with E-state index in [1.165, 1.54) is 44.9 Å². The van der Waals surface area contributed by atoms with Crippen molar-refractivity contribution in [2.45, 2.75) is 129 Å². The van der Waals surface area contributed by atoms with E-state index in [9.17, 15) is 15.0 Å². The zero-order valence-corrected chi connectivity index (χ0v) is 22.5. The molecule has 3 N–H and O–H groups in total. The number of aliphatic hydroxyl groups excluding tert-OH is 2. The van der Waals surface area contributed by atoms with Crippen LogP contribution in [-0.4, -0.2) is 41.2 Å². The van der Waals surface area contributed by atoms with Crippen LogP contribution in [0.25, 0.3) is 0 Å². The average Bonchev–Trinajstić information content (AvgIpc) is 3.17. The van der Waals surface area contributed by atoms with E-state index in [0.29, 0.717) is 48.2 Å². The first kappa shape index (κ1) is 25.8. The standard InChI is InChI=1S/C30H51NO4/c1-4-22-25-18-21(32)12-15-30(25,3)24-13-16-29(2)19(10-11-23(29)26(24)27(22)33)14-17-35-28(34)31-20-8-6-5-7-9-20/h19-27,32-33H,4-18H2,1-3H3,(H,31,34)/t19-,21-,22-,23+,24+,25+,26+,27-,29-,30-/m1/s1. The number of ether oxygens (including phenoxy) is 1. The Labute approximate surface area is 213 Å². The van der Waals surface area contributed by atoms with Crippen LogP contribution in [0.1, 0.15) is 111 Å². The van der Waals surface area contributed by atoms with Crippen molar-refractivity contribution in [1.29, 1.82) is 0 Å². The van der Waals surface area contributed by atoms with Crippen LogP contribution < -0.4 is 5.32 Å². The number of aliphatic hydroxyl groups is 2. The van der Waals surface area contributed by atoms with Crippen LogP contribution in [0.3, 0.4) is 0 Å². The van der Waals surface area contributed by atoms with Gasteiger partial charge in [-0.25, -0.2) is 4.79 Å². The Morgan fingerprint density at radius 3 is 2.37 bits per heavy atom. The summed E-state index contributed by atoms with van der Waals surface area (Å²) in [7, 11) is 0. The maximum atomic E-state index is 12.4. The summed E-state index contributed by atoms with van der Waals surface area (Å²) in [5, 5.41) is 25.4. The first-order chi connectivity index (χ1) is 16.8. The van der Waals surface area contributed by atoms with Crippen LogP contribution in [0, 0.1) is 46.3 Å². The summed E-state index contributed by atoms with van der Waals surface area (Å²) in [6, 6.07) is 0.297. The Morgan fingerprint density at radius 2 is 1.63 bits per heavy atom. The maximum Gasteiger partial charge on any atom is 0.407 e. The predicted octanol–water partition coefficient (Wildman–Crippen LogP) is 6.06. The van der Waals surface area contributed by atoms with Crippen molar-refractivity contribution in [2.75, 3.05) is 6.61 Å². The molecule has 5 fully saturated rings. The molecule has 0 heterocycles. The van der Waals surface area contributed by atoms with Gasteiger partial charge in [-0.1, -0.05) is 46.5 Å². The molecule has 10 atom stereocenters. The SMILES string of the molecule is CC[C@H]1[C@@H](O)[C@@H]2[C@H](CC[C@]3(C)[C@@H](CCOC(=O)NC4CCCCC4)CC[C@@H]23)[C@@]2(C)CC[C@@H](O)C[C@@H]12.